The van der Waals surface area contributed by atoms with E-state index in [0.717, 1.165) is 42.6 Å². The summed E-state index contributed by atoms with van der Waals surface area (Å²) in [6.45, 7) is 12.3. The molecule has 1 aromatic heterocycles. The van der Waals surface area contributed by atoms with E-state index in [1.165, 1.54) is 11.6 Å². The Hall–Kier alpha value is -3.68. The van der Waals surface area contributed by atoms with Gasteiger partial charge in [-0.05, 0) is 77.1 Å². The Morgan fingerprint density at radius 3 is 2.86 bits per heavy atom. The number of aromatic nitrogens is 4. The predicted molar refractivity (Wildman–Crippen MR) is 133 cm³/mol. The molecule has 10 heteroatoms. The molecule has 9 nitrogen and oxygen atoms in total. The van der Waals surface area contributed by atoms with Crippen LogP contribution in [0.25, 0.3) is 10.5 Å². The van der Waals surface area contributed by atoms with Crippen LogP contribution in [0.15, 0.2) is 36.7 Å². The summed E-state index contributed by atoms with van der Waals surface area (Å²) >= 11 is 0. The van der Waals surface area contributed by atoms with Crippen LogP contribution in [0.3, 0.4) is 0 Å². The van der Waals surface area contributed by atoms with Crippen LogP contribution in [0.1, 0.15) is 47.1 Å². The van der Waals surface area contributed by atoms with Gasteiger partial charge < -0.3 is 9.64 Å². The molecule has 0 bridgehead atoms. The summed E-state index contributed by atoms with van der Waals surface area (Å²) in [4.78, 5) is 21.4. The number of amides is 1. The van der Waals surface area contributed by atoms with E-state index >= 15 is 0 Å². The molecule has 3 aromatic rings. The quantitative estimate of drug-likeness (QED) is 0.512. The maximum Gasteiger partial charge on any atom is 0.230 e. The Morgan fingerprint density at radius 2 is 2.05 bits per heavy atom. The molecule has 1 aliphatic carbocycles. The molecule has 2 saturated heterocycles. The van der Waals surface area contributed by atoms with Crippen LogP contribution < -0.4 is 0 Å². The van der Waals surface area contributed by atoms with Gasteiger partial charge in [0.25, 0.3) is 0 Å². The van der Waals surface area contributed by atoms with Gasteiger partial charge in [-0.1, -0.05) is 12.1 Å². The summed E-state index contributed by atoms with van der Waals surface area (Å²) in [6, 6.07) is 9.34. The second kappa shape index (κ2) is 9.65. The van der Waals surface area contributed by atoms with Crippen LogP contribution in [0, 0.1) is 19.3 Å². The molecule has 2 fully saturated rings. The van der Waals surface area contributed by atoms with Gasteiger partial charge in [-0.3, -0.25) is 9.69 Å². The topological polar surface area (TPSA) is 80.7 Å². The van der Waals surface area contributed by atoms with Crippen molar-refractivity contribution in [3.8, 4) is 5.69 Å². The Morgan fingerprint density at radius 1 is 1.19 bits per heavy atom. The Kier molecular flexibility index (Phi) is 6.18. The number of hydrogen-bond acceptors (Lipinski definition) is 6. The lowest BCUT2D eigenvalue weighted by Crippen LogP contribution is -2.60. The van der Waals surface area contributed by atoms with Crippen LogP contribution in [0.5, 0.6) is 0 Å². The summed E-state index contributed by atoms with van der Waals surface area (Å²) in [6.07, 6.45) is 4.13. The minimum atomic E-state index is -0.493. The molecule has 3 aliphatic rings. The number of nitrogens with zero attached hydrogens (tertiary/aromatic N) is 7. The molecule has 2 aliphatic heterocycles. The summed E-state index contributed by atoms with van der Waals surface area (Å²) in [7, 11) is 0. The second-order valence-electron chi connectivity index (χ2n) is 10.1. The van der Waals surface area contributed by atoms with Gasteiger partial charge in [-0.25, -0.2) is 13.9 Å². The Balaban J connectivity index is 1.14. The molecular formula is C27H28FN7O2. The van der Waals surface area contributed by atoms with E-state index in [2.05, 4.69) is 37.4 Å². The van der Waals surface area contributed by atoms with Crippen LogP contribution >= 0.6 is 0 Å². The standard InChI is InChI=1S/C27H28FN7O2/c1-17-21(8-9-24(28)26(17)29-2)25-14-33-10-11-34(13-20(33)15-37-25)27(36)23-5-3-4-18-12-19(6-7-22(18)23)35-16-30-31-32-35/h6-9,12,16,20,23,25H,3-5,10-11,13-15H2,1H3/t20-,23?,25-/m1/s1. The largest absolute Gasteiger partial charge is 0.371 e. The number of fused-ring (bicyclic) bond motifs is 2. The van der Waals surface area contributed by atoms with Crippen molar-refractivity contribution in [3.63, 3.8) is 0 Å². The predicted octanol–water partition coefficient (Wildman–Crippen LogP) is 3.36. The first kappa shape index (κ1) is 23.7. The van der Waals surface area contributed by atoms with Crippen molar-refractivity contribution in [2.24, 2.45) is 0 Å². The first-order valence-electron chi connectivity index (χ1n) is 12.7. The fourth-order valence-electron chi connectivity index (χ4n) is 6.04. The number of tetrazole rings is 1. The average Bonchev–Trinajstić information content (AvgIpc) is 3.47. The normalized spacial score (nSPS) is 23.7. The molecule has 190 valence electrons. The first-order chi connectivity index (χ1) is 18.0. The van der Waals surface area contributed by atoms with Gasteiger partial charge in [0.15, 0.2) is 0 Å². The number of carbonyl (C=O) groups is 1. The van der Waals surface area contributed by atoms with Crippen molar-refractivity contribution < 1.29 is 13.9 Å². The molecule has 3 atom stereocenters. The lowest BCUT2D eigenvalue weighted by Gasteiger charge is -2.47. The number of hydrogen-bond donors (Lipinski definition) is 0. The van der Waals surface area contributed by atoms with Gasteiger partial charge in [0.2, 0.25) is 11.6 Å². The molecule has 3 heterocycles. The SMILES string of the molecule is [C-]#[N+]c1c(F)ccc([C@H]2CN3CCN(C(=O)C4CCCc5cc(-n6cnnn6)ccc54)C[C@@H]3CO2)c1C. The van der Waals surface area contributed by atoms with Gasteiger partial charge in [-0.2, -0.15) is 0 Å². The minimum Gasteiger partial charge on any atom is -0.371 e. The highest BCUT2D eigenvalue weighted by Gasteiger charge is 2.38. The average molecular weight is 502 g/mol. The monoisotopic (exact) mass is 501 g/mol. The highest BCUT2D eigenvalue weighted by molar-refractivity contribution is 5.84. The van der Waals surface area contributed by atoms with Crippen molar-refractivity contribution in [2.45, 2.75) is 44.2 Å². The summed E-state index contributed by atoms with van der Waals surface area (Å²) < 4.78 is 21.8. The Bertz CT molecular complexity index is 1370. The molecule has 0 N–H and O–H groups in total. The van der Waals surface area contributed by atoms with Crippen molar-refractivity contribution in [1.82, 2.24) is 30.0 Å². The highest BCUT2D eigenvalue weighted by atomic mass is 19.1. The van der Waals surface area contributed by atoms with Crippen molar-refractivity contribution in [3.05, 3.63) is 76.1 Å². The van der Waals surface area contributed by atoms with Crippen LogP contribution in [-0.4, -0.2) is 74.7 Å². The van der Waals surface area contributed by atoms with Gasteiger partial charge in [0.1, 0.15) is 12.1 Å². The third-order valence-corrected chi connectivity index (χ3v) is 8.04. The number of morpholine rings is 1. The smallest absolute Gasteiger partial charge is 0.230 e. The zero-order valence-corrected chi connectivity index (χ0v) is 20.7. The minimum absolute atomic E-state index is 0.0662. The third-order valence-electron chi connectivity index (χ3n) is 8.04. The van der Waals surface area contributed by atoms with E-state index < -0.39 is 5.82 Å². The van der Waals surface area contributed by atoms with E-state index in [-0.39, 0.29) is 29.7 Å². The number of ether oxygens (including phenoxy) is 1. The maximum absolute atomic E-state index is 14.0. The van der Waals surface area contributed by atoms with Crippen LogP contribution in [-0.2, 0) is 16.0 Å². The van der Waals surface area contributed by atoms with Crippen molar-refractivity contribution in [1.29, 1.82) is 0 Å². The van der Waals surface area contributed by atoms with Crippen LogP contribution in [0.4, 0.5) is 10.1 Å². The lowest BCUT2D eigenvalue weighted by molar-refractivity contribution is -0.142. The van der Waals surface area contributed by atoms with E-state index in [9.17, 15) is 9.18 Å². The fraction of sp³-hybridized carbons (Fsp3) is 0.444. The molecule has 0 radical (unpaired) electrons. The number of benzene rings is 2. The van der Waals surface area contributed by atoms with Gasteiger partial charge in [0.05, 0.1) is 36.9 Å². The van der Waals surface area contributed by atoms with Gasteiger partial charge in [0, 0.05) is 26.2 Å². The van der Waals surface area contributed by atoms with E-state index in [4.69, 9.17) is 11.3 Å². The van der Waals surface area contributed by atoms with E-state index in [0.29, 0.717) is 31.8 Å². The molecular weight excluding hydrogens is 473 g/mol. The second-order valence-corrected chi connectivity index (χ2v) is 10.1. The summed E-state index contributed by atoms with van der Waals surface area (Å²) in [5, 5.41) is 11.4. The van der Waals surface area contributed by atoms with Gasteiger partial charge in [-0.15, -0.1) is 5.10 Å². The van der Waals surface area contributed by atoms with Crippen molar-refractivity contribution >= 4 is 11.6 Å². The summed E-state index contributed by atoms with van der Waals surface area (Å²) in [5.41, 5.74) is 4.78. The number of rotatable bonds is 3. The lowest BCUT2D eigenvalue weighted by atomic mass is 9.81. The molecule has 37 heavy (non-hydrogen) atoms. The zero-order valence-electron chi connectivity index (χ0n) is 20.7. The van der Waals surface area contributed by atoms with E-state index in [1.807, 2.05) is 11.0 Å². The highest BCUT2D eigenvalue weighted by Crippen LogP contribution is 2.37. The molecule has 6 rings (SSSR count). The third kappa shape index (κ3) is 4.28. The molecule has 0 spiro atoms. The van der Waals surface area contributed by atoms with E-state index in [1.54, 1.807) is 24.0 Å². The van der Waals surface area contributed by atoms with Crippen molar-refractivity contribution in [2.75, 3.05) is 32.8 Å². The number of carbonyl (C=O) groups excluding carboxylic acids is 1. The molecule has 0 saturated carbocycles. The van der Waals surface area contributed by atoms with Gasteiger partial charge >= 0.3 is 0 Å². The molecule has 1 unspecified atom stereocenters. The first-order valence-corrected chi connectivity index (χ1v) is 12.7. The maximum atomic E-state index is 14.0. The fourth-order valence-corrected chi connectivity index (χ4v) is 6.04. The zero-order chi connectivity index (χ0) is 25.5. The Labute approximate surface area is 214 Å². The molecule has 2 aromatic carbocycles. The van der Waals surface area contributed by atoms with Crippen LogP contribution in [0.2, 0.25) is 0 Å². The number of aryl methyl sites for hydroxylation is 1. The number of piperazine rings is 1. The molecule has 1 amide bonds. The summed E-state index contributed by atoms with van der Waals surface area (Å²) in [5.74, 6) is -0.439. The number of halogens is 1.